The minimum absolute atomic E-state index is 0.264. The fourth-order valence-corrected chi connectivity index (χ4v) is 1.63. The van der Waals surface area contributed by atoms with Crippen LogP contribution in [0.4, 0.5) is 8.78 Å². The van der Waals surface area contributed by atoms with Crippen molar-refractivity contribution in [3.05, 3.63) is 22.4 Å². The zero-order valence-corrected chi connectivity index (χ0v) is 10.1. The van der Waals surface area contributed by atoms with Crippen molar-refractivity contribution in [1.29, 1.82) is 0 Å². The molecule has 0 saturated carbocycles. The molecule has 90 valence electrons. The summed E-state index contributed by atoms with van der Waals surface area (Å²) >= 11 is 3.17. The maximum absolute atomic E-state index is 12.7. The molecule has 16 heavy (non-hydrogen) atoms. The van der Waals surface area contributed by atoms with Gasteiger partial charge in [-0.1, -0.05) is 0 Å². The number of aliphatic hydroxyl groups is 1. The molecule has 0 aromatic carbocycles. The average molecular weight is 297 g/mol. The summed E-state index contributed by atoms with van der Waals surface area (Å²) in [5.41, 5.74) is 0.264. The molecule has 0 atom stereocenters. The summed E-state index contributed by atoms with van der Waals surface area (Å²) in [5.74, 6) is -3.90. The number of amides is 1. The predicted molar refractivity (Wildman–Crippen MR) is 57.5 cm³/mol. The van der Waals surface area contributed by atoms with Crippen molar-refractivity contribution in [2.24, 2.45) is 7.05 Å². The van der Waals surface area contributed by atoms with Crippen molar-refractivity contribution in [2.45, 2.75) is 5.92 Å². The summed E-state index contributed by atoms with van der Waals surface area (Å²) < 4.78 is 27.5. The molecule has 0 bridgehead atoms. The molecule has 0 spiro atoms. The van der Waals surface area contributed by atoms with Gasteiger partial charge in [-0.25, -0.2) is 8.78 Å². The van der Waals surface area contributed by atoms with Crippen molar-refractivity contribution >= 4 is 21.8 Å². The molecule has 1 amide bonds. The zero-order valence-electron chi connectivity index (χ0n) is 8.51. The number of aliphatic hydroxyl groups excluding tert-OH is 1. The van der Waals surface area contributed by atoms with Crippen molar-refractivity contribution in [3.63, 3.8) is 0 Å². The van der Waals surface area contributed by atoms with Crippen LogP contribution in [0, 0.1) is 0 Å². The Bertz CT molecular complexity index is 393. The van der Waals surface area contributed by atoms with E-state index in [1.54, 1.807) is 13.2 Å². The monoisotopic (exact) mass is 296 g/mol. The maximum Gasteiger partial charge on any atom is 0.287 e. The Morgan fingerprint density at radius 3 is 2.75 bits per heavy atom. The Kier molecular flexibility index (Phi) is 4.03. The second kappa shape index (κ2) is 4.92. The Balaban J connectivity index is 2.63. The molecule has 7 heteroatoms. The molecular weight excluding hydrogens is 286 g/mol. The van der Waals surface area contributed by atoms with Crippen LogP contribution in [0.15, 0.2) is 16.7 Å². The first-order chi connectivity index (χ1) is 7.35. The number of nitrogens with one attached hydrogen (secondary N) is 1. The van der Waals surface area contributed by atoms with Crippen molar-refractivity contribution < 1.29 is 18.7 Å². The van der Waals surface area contributed by atoms with Crippen LogP contribution in [0.3, 0.4) is 0 Å². The molecule has 0 fully saturated rings. The van der Waals surface area contributed by atoms with E-state index in [9.17, 15) is 13.6 Å². The summed E-state index contributed by atoms with van der Waals surface area (Å²) in [6.45, 7) is -2.17. The van der Waals surface area contributed by atoms with E-state index < -0.39 is 25.0 Å². The lowest BCUT2D eigenvalue weighted by Gasteiger charge is -2.13. The first kappa shape index (κ1) is 13.1. The third-order valence-electron chi connectivity index (χ3n) is 1.94. The van der Waals surface area contributed by atoms with E-state index >= 15 is 0 Å². The van der Waals surface area contributed by atoms with Crippen LogP contribution in [0.5, 0.6) is 0 Å². The number of nitrogens with zero attached hydrogens (tertiary/aromatic N) is 1. The van der Waals surface area contributed by atoms with Crippen molar-refractivity contribution in [1.82, 2.24) is 9.88 Å². The first-order valence-corrected chi connectivity index (χ1v) is 5.24. The van der Waals surface area contributed by atoms with E-state index in [0.717, 1.165) is 0 Å². The van der Waals surface area contributed by atoms with Gasteiger partial charge in [-0.3, -0.25) is 4.79 Å². The van der Waals surface area contributed by atoms with Crippen LogP contribution in [-0.2, 0) is 7.05 Å². The largest absolute Gasteiger partial charge is 0.390 e. The van der Waals surface area contributed by atoms with Gasteiger partial charge in [-0.2, -0.15) is 0 Å². The number of carbonyl (C=O) groups excluding carboxylic acids is 1. The molecule has 1 aromatic rings. The quantitative estimate of drug-likeness (QED) is 0.876. The molecule has 0 aliphatic carbocycles. The van der Waals surface area contributed by atoms with E-state index in [4.69, 9.17) is 5.11 Å². The summed E-state index contributed by atoms with van der Waals surface area (Å²) in [6, 6.07) is 1.52. The molecular formula is C9H11BrF2N2O2. The number of rotatable bonds is 4. The molecule has 0 radical (unpaired) electrons. The molecule has 0 aliphatic heterocycles. The van der Waals surface area contributed by atoms with Crippen LogP contribution < -0.4 is 5.32 Å². The Labute approximate surface area is 99.4 Å². The van der Waals surface area contributed by atoms with Crippen LogP contribution in [-0.4, -0.2) is 34.7 Å². The van der Waals surface area contributed by atoms with Gasteiger partial charge in [0.2, 0.25) is 0 Å². The van der Waals surface area contributed by atoms with Gasteiger partial charge in [0, 0.05) is 17.7 Å². The molecule has 1 aromatic heterocycles. The lowest BCUT2D eigenvalue weighted by atomic mass is 10.3. The molecule has 1 rings (SSSR count). The van der Waals surface area contributed by atoms with Crippen molar-refractivity contribution in [2.75, 3.05) is 13.2 Å². The number of hydrogen-bond donors (Lipinski definition) is 2. The van der Waals surface area contributed by atoms with Gasteiger partial charge in [0.1, 0.15) is 12.3 Å². The molecule has 1 heterocycles. The first-order valence-electron chi connectivity index (χ1n) is 4.44. The SMILES string of the molecule is Cn1cc(Br)cc1C(=O)NCC(F)(F)CO. The minimum atomic E-state index is -3.29. The standard InChI is InChI=1S/C9H11BrF2N2O2/c1-14-3-6(10)2-7(14)8(16)13-4-9(11,12)5-15/h2-3,15H,4-5H2,1H3,(H,13,16). The number of carbonyl (C=O) groups is 1. The third kappa shape index (κ3) is 3.28. The highest BCUT2D eigenvalue weighted by Crippen LogP contribution is 2.14. The van der Waals surface area contributed by atoms with Gasteiger partial charge < -0.3 is 15.0 Å². The Morgan fingerprint density at radius 1 is 1.69 bits per heavy atom. The average Bonchev–Trinajstić information content (AvgIpc) is 2.54. The fourth-order valence-electron chi connectivity index (χ4n) is 1.11. The molecule has 0 saturated heterocycles. The highest BCUT2D eigenvalue weighted by atomic mass is 79.9. The lowest BCUT2D eigenvalue weighted by Crippen LogP contribution is -2.39. The summed E-state index contributed by atoms with van der Waals surface area (Å²) in [4.78, 5) is 11.5. The van der Waals surface area contributed by atoms with Gasteiger partial charge in [0.25, 0.3) is 11.8 Å². The molecule has 2 N–H and O–H groups in total. The Morgan fingerprint density at radius 2 is 2.31 bits per heavy atom. The van der Waals surface area contributed by atoms with E-state index in [1.165, 1.54) is 10.6 Å². The van der Waals surface area contributed by atoms with Crippen LogP contribution >= 0.6 is 15.9 Å². The van der Waals surface area contributed by atoms with Crippen LogP contribution in [0.2, 0.25) is 0 Å². The highest BCUT2D eigenvalue weighted by Gasteiger charge is 2.28. The number of hydrogen-bond acceptors (Lipinski definition) is 2. The minimum Gasteiger partial charge on any atom is -0.390 e. The summed E-state index contributed by atoms with van der Waals surface area (Å²) in [5, 5.41) is 10.4. The van der Waals surface area contributed by atoms with Crippen LogP contribution in [0.1, 0.15) is 10.5 Å². The van der Waals surface area contributed by atoms with Gasteiger partial charge >= 0.3 is 0 Å². The molecule has 4 nitrogen and oxygen atoms in total. The number of aromatic nitrogens is 1. The number of alkyl halides is 2. The fraction of sp³-hybridized carbons (Fsp3) is 0.444. The lowest BCUT2D eigenvalue weighted by molar-refractivity contribution is -0.0462. The number of aryl methyl sites for hydroxylation is 1. The second-order valence-corrected chi connectivity index (χ2v) is 4.27. The van der Waals surface area contributed by atoms with E-state index in [0.29, 0.717) is 4.47 Å². The second-order valence-electron chi connectivity index (χ2n) is 3.35. The molecule has 0 aliphatic rings. The Hall–Kier alpha value is -0.950. The molecule has 0 unspecified atom stereocenters. The van der Waals surface area contributed by atoms with E-state index in [-0.39, 0.29) is 5.69 Å². The maximum atomic E-state index is 12.7. The van der Waals surface area contributed by atoms with Gasteiger partial charge in [-0.05, 0) is 22.0 Å². The van der Waals surface area contributed by atoms with Gasteiger partial charge in [-0.15, -0.1) is 0 Å². The topological polar surface area (TPSA) is 54.3 Å². The third-order valence-corrected chi connectivity index (χ3v) is 2.38. The highest BCUT2D eigenvalue weighted by molar-refractivity contribution is 9.10. The predicted octanol–water partition coefficient (Wildman–Crippen LogP) is 1.15. The van der Waals surface area contributed by atoms with Gasteiger partial charge in [0.05, 0.1) is 6.54 Å². The van der Waals surface area contributed by atoms with Crippen LogP contribution in [0.25, 0.3) is 0 Å². The smallest absolute Gasteiger partial charge is 0.287 e. The summed E-state index contributed by atoms with van der Waals surface area (Å²) in [6.07, 6.45) is 1.64. The number of halogens is 3. The van der Waals surface area contributed by atoms with Crippen molar-refractivity contribution in [3.8, 4) is 0 Å². The summed E-state index contributed by atoms with van der Waals surface area (Å²) in [7, 11) is 1.63. The van der Waals surface area contributed by atoms with Gasteiger partial charge in [0.15, 0.2) is 0 Å². The zero-order chi connectivity index (χ0) is 12.3. The normalized spacial score (nSPS) is 11.6. The van der Waals surface area contributed by atoms with E-state index in [1.807, 2.05) is 0 Å². The van der Waals surface area contributed by atoms with E-state index in [2.05, 4.69) is 21.2 Å².